The number of aromatic amines is 1. The molecule has 0 spiro atoms. The largest absolute Gasteiger partial charge is 0.480 e. The van der Waals surface area contributed by atoms with Gasteiger partial charge in [-0.15, -0.1) is 16.9 Å². The Balaban J connectivity index is 1.37. The first kappa shape index (κ1) is 23.8. The van der Waals surface area contributed by atoms with Gasteiger partial charge in [0.2, 0.25) is 0 Å². The molecule has 4 rings (SSSR count). The molecule has 2 aromatic carbocycles. The van der Waals surface area contributed by atoms with Crippen molar-refractivity contribution in [2.75, 3.05) is 5.32 Å². The van der Waals surface area contributed by atoms with E-state index >= 15 is 0 Å². The molecule has 4 aromatic rings. The standard InChI is InChI=1S/C24H24ClN5O3S/c1-4-18(33-19-10-5-14(2)11-15(19)3)23(32)27-17-8-6-16(7-9-17)13-34-24-21(25)22-28-26-12-20(31)30(22)29-24/h5-12,18,29H,4,13H2,1-3H3,(H,27,32). The van der Waals surface area contributed by atoms with E-state index < -0.39 is 6.10 Å². The van der Waals surface area contributed by atoms with E-state index in [1.165, 1.54) is 16.3 Å². The third-order valence-corrected chi connectivity index (χ3v) is 6.76. The van der Waals surface area contributed by atoms with Crippen molar-refractivity contribution in [1.29, 1.82) is 0 Å². The summed E-state index contributed by atoms with van der Waals surface area (Å²) in [5.74, 6) is 1.13. The topological polar surface area (TPSA) is 101 Å². The number of thioether (sulfide) groups is 1. The summed E-state index contributed by atoms with van der Waals surface area (Å²) in [6.45, 7) is 5.91. The van der Waals surface area contributed by atoms with Gasteiger partial charge in [0.15, 0.2) is 11.8 Å². The van der Waals surface area contributed by atoms with Crippen LogP contribution in [0, 0.1) is 13.8 Å². The number of ether oxygens (including phenoxy) is 1. The van der Waals surface area contributed by atoms with Crippen molar-refractivity contribution in [3.63, 3.8) is 0 Å². The zero-order valence-electron chi connectivity index (χ0n) is 19.0. The number of H-pyrrole nitrogens is 1. The fraction of sp³-hybridized carbons (Fsp3) is 0.250. The minimum atomic E-state index is -0.590. The van der Waals surface area contributed by atoms with Gasteiger partial charge < -0.3 is 10.1 Å². The second-order valence-corrected chi connectivity index (χ2v) is 9.22. The number of benzene rings is 2. The molecule has 1 amide bonds. The Hall–Kier alpha value is -3.30. The summed E-state index contributed by atoms with van der Waals surface area (Å²) >= 11 is 7.77. The molecule has 0 saturated heterocycles. The Morgan fingerprint density at radius 3 is 2.68 bits per heavy atom. The normalized spacial score (nSPS) is 12.0. The molecule has 176 valence electrons. The van der Waals surface area contributed by atoms with Crippen molar-refractivity contribution in [2.24, 2.45) is 0 Å². The summed E-state index contributed by atoms with van der Waals surface area (Å²) in [7, 11) is 0. The minimum Gasteiger partial charge on any atom is -0.480 e. The molecule has 34 heavy (non-hydrogen) atoms. The molecular formula is C24H24ClN5O3S. The maximum absolute atomic E-state index is 12.8. The molecular weight excluding hydrogens is 474 g/mol. The molecule has 0 saturated carbocycles. The highest BCUT2D eigenvalue weighted by Gasteiger charge is 2.19. The van der Waals surface area contributed by atoms with Crippen LogP contribution in [0.4, 0.5) is 5.69 Å². The molecule has 1 atom stereocenters. The minimum absolute atomic E-state index is 0.194. The van der Waals surface area contributed by atoms with Crippen molar-refractivity contribution in [2.45, 2.75) is 44.1 Å². The Bertz CT molecular complexity index is 1380. The highest BCUT2D eigenvalue weighted by molar-refractivity contribution is 7.98. The Labute approximate surface area is 205 Å². The van der Waals surface area contributed by atoms with E-state index in [9.17, 15) is 9.59 Å². The average Bonchev–Trinajstić information content (AvgIpc) is 3.15. The summed E-state index contributed by atoms with van der Waals surface area (Å²) < 4.78 is 7.24. The van der Waals surface area contributed by atoms with Gasteiger partial charge in [-0.25, -0.2) is 0 Å². The van der Waals surface area contributed by atoms with Crippen LogP contribution in [0.15, 0.2) is 58.5 Å². The van der Waals surface area contributed by atoms with E-state index in [0.29, 0.717) is 39.3 Å². The van der Waals surface area contributed by atoms with Crippen LogP contribution in [0.25, 0.3) is 5.65 Å². The number of fused-ring (bicyclic) bond motifs is 1. The average molecular weight is 498 g/mol. The number of nitrogens with zero attached hydrogens (tertiary/aromatic N) is 3. The predicted octanol–water partition coefficient (Wildman–Crippen LogP) is 4.78. The number of carbonyl (C=O) groups is 1. The lowest BCUT2D eigenvalue weighted by Crippen LogP contribution is -2.32. The van der Waals surface area contributed by atoms with Crippen molar-refractivity contribution in [3.8, 4) is 5.75 Å². The number of hydrogen-bond donors (Lipinski definition) is 2. The fourth-order valence-electron chi connectivity index (χ4n) is 3.41. The SMILES string of the molecule is CCC(Oc1ccc(C)cc1C)C(=O)Nc1ccc(CSc2[nH]n3c(=O)cnnc3c2Cl)cc1. The number of aromatic nitrogens is 4. The lowest BCUT2D eigenvalue weighted by atomic mass is 10.1. The molecule has 0 bridgehead atoms. The van der Waals surface area contributed by atoms with Gasteiger partial charge in [0.1, 0.15) is 22.0 Å². The second-order valence-electron chi connectivity index (χ2n) is 7.86. The molecule has 0 fully saturated rings. The smallest absolute Gasteiger partial charge is 0.291 e. The van der Waals surface area contributed by atoms with E-state index in [1.807, 2.05) is 63.2 Å². The fourth-order valence-corrected chi connectivity index (χ4v) is 4.61. The summed E-state index contributed by atoms with van der Waals surface area (Å²) in [6.07, 6.45) is 1.08. The highest BCUT2D eigenvalue weighted by atomic mass is 35.5. The molecule has 8 nitrogen and oxygen atoms in total. The number of halogens is 1. The first-order valence-corrected chi connectivity index (χ1v) is 12.1. The third kappa shape index (κ3) is 5.26. The van der Waals surface area contributed by atoms with Gasteiger partial charge in [0.05, 0.1) is 0 Å². The molecule has 1 unspecified atom stereocenters. The lowest BCUT2D eigenvalue weighted by molar-refractivity contribution is -0.122. The van der Waals surface area contributed by atoms with E-state index in [4.69, 9.17) is 16.3 Å². The first-order valence-electron chi connectivity index (χ1n) is 10.7. The molecule has 0 aliphatic rings. The van der Waals surface area contributed by atoms with Gasteiger partial charge in [0.25, 0.3) is 11.5 Å². The molecule has 10 heteroatoms. The van der Waals surface area contributed by atoms with Gasteiger partial charge in [-0.3, -0.25) is 14.7 Å². The van der Waals surface area contributed by atoms with Crippen LogP contribution in [0.2, 0.25) is 5.02 Å². The number of aryl methyl sites for hydroxylation is 2. The quantitative estimate of drug-likeness (QED) is 0.340. The van der Waals surface area contributed by atoms with Crippen LogP contribution in [-0.4, -0.2) is 31.8 Å². The monoisotopic (exact) mass is 497 g/mol. The number of anilines is 1. The van der Waals surface area contributed by atoms with Gasteiger partial charge in [0, 0.05) is 11.4 Å². The molecule has 2 aromatic heterocycles. The lowest BCUT2D eigenvalue weighted by Gasteiger charge is -2.19. The highest BCUT2D eigenvalue weighted by Crippen LogP contribution is 2.30. The summed E-state index contributed by atoms with van der Waals surface area (Å²) in [5, 5.41) is 14.4. The van der Waals surface area contributed by atoms with Crippen LogP contribution < -0.4 is 15.6 Å². The van der Waals surface area contributed by atoms with E-state index in [-0.39, 0.29) is 11.5 Å². The molecule has 2 heterocycles. The van der Waals surface area contributed by atoms with Crippen LogP contribution in [0.1, 0.15) is 30.0 Å². The number of hydrogen-bond acceptors (Lipinski definition) is 6. The van der Waals surface area contributed by atoms with Gasteiger partial charge in [-0.1, -0.05) is 48.4 Å². The number of carbonyl (C=O) groups excluding carboxylic acids is 1. The Morgan fingerprint density at radius 2 is 2.00 bits per heavy atom. The van der Waals surface area contributed by atoms with Gasteiger partial charge in [-0.2, -0.15) is 9.61 Å². The van der Waals surface area contributed by atoms with E-state index in [1.54, 1.807) is 0 Å². The number of rotatable bonds is 8. The van der Waals surface area contributed by atoms with Gasteiger partial charge >= 0.3 is 0 Å². The zero-order chi connectivity index (χ0) is 24.2. The first-order chi connectivity index (χ1) is 16.4. The molecule has 0 radical (unpaired) electrons. The van der Waals surface area contributed by atoms with Gasteiger partial charge in [-0.05, 0) is 49.6 Å². The molecule has 0 aliphatic heterocycles. The van der Waals surface area contributed by atoms with Crippen LogP contribution in [0.5, 0.6) is 5.75 Å². The predicted molar refractivity (Wildman–Crippen MR) is 134 cm³/mol. The summed E-state index contributed by atoms with van der Waals surface area (Å²) in [5.41, 5.74) is 3.82. The third-order valence-electron chi connectivity index (χ3n) is 5.23. The Morgan fingerprint density at radius 1 is 1.24 bits per heavy atom. The molecule has 2 N–H and O–H groups in total. The summed E-state index contributed by atoms with van der Waals surface area (Å²) in [4.78, 5) is 24.6. The number of nitrogens with one attached hydrogen (secondary N) is 2. The summed E-state index contributed by atoms with van der Waals surface area (Å²) in [6, 6.07) is 13.5. The van der Waals surface area contributed by atoms with Crippen molar-refractivity contribution in [3.05, 3.63) is 80.7 Å². The molecule has 0 aliphatic carbocycles. The maximum atomic E-state index is 12.8. The van der Waals surface area contributed by atoms with Crippen molar-refractivity contribution < 1.29 is 9.53 Å². The van der Waals surface area contributed by atoms with Crippen molar-refractivity contribution in [1.82, 2.24) is 19.8 Å². The van der Waals surface area contributed by atoms with Crippen molar-refractivity contribution >= 4 is 40.6 Å². The van der Waals surface area contributed by atoms with E-state index in [0.717, 1.165) is 22.9 Å². The zero-order valence-corrected chi connectivity index (χ0v) is 20.5. The number of amides is 1. The van der Waals surface area contributed by atoms with Crippen LogP contribution in [0.3, 0.4) is 0 Å². The Kier molecular flexibility index (Phi) is 7.23. The van der Waals surface area contributed by atoms with Crippen LogP contribution in [-0.2, 0) is 10.5 Å². The maximum Gasteiger partial charge on any atom is 0.291 e. The van der Waals surface area contributed by atoms with Crippen LogP contribution >= 0.6 is 23.4 Å². The second kappa shape index (κ2) is 10.3. The van der Waals surface area contributed by atoms with E-state index in [2.05, 4.69) is 20.6 Å².